The van der Waals surface area contributed by atoms with Gasteiger partial charge >= 0.3 is 0 Å². The van der Waals surface area contributed by atoms with E-state index >= 15 is 0 Å². The van der Waals surface area contributed by atoms with Crippen LogP contribution in [0.15, 0.2) is 18.3 Å². The fourth-order valence-electron chi connectivity index (χ4n) is 2.37. The molecule has 100 valence electrons. The Hall–Kier alpha value is -1.17. The number of nitrogens with zero attached hydrogens (tertiary/aromatic N) is 2. The number of hydrogen-bond donors (Lipinski definition) is 1. The molecule has 5 nitrogen and oxygen atoms in total. The fourth-order valence-corrected chi connectivity index (χ4v) is 2.37. The highest BCUT2D eigenvalue weighted by Crippen LogP contribution is 2.28. The minimum atomic E-state index is -0.531. The maximum absolute atomic E-state index is 9.78. The first kappa shape index (κ1) is 13.3. The van der Waals surface area contributed by atoms with Gasteiger partial charge in [0.05, 0.1) is 6.10 Å². The number of ether oxygens (including phenoxy) is 2. The molecule has 0 bridgehead atoms. The van der Waals surface area contributed by atoms with Crippen LogP contribution >= 0.6 is 0 Å². The highest BCUT2D eigenvalue weighted by molar-refractivity contribution is 5.49. The van der Waals surface area contributed by atoms with Gasteiger partial charge < -0.3 is 19.5 Å². The van der Waals surface area contributed by atoms with E-state index in [0.29, 0.717) is 0 Å². The van der Waals surface area contributed by atoms with Crippen LogP contribution in [-0.4, -0.2) is 49.6 Å². The van der Waals surface area contributed by atoms with Gasteiger partial charge in [-0.2, -0.15) is 0 Å². The number of aliphatic hydroxyl groups excluding tert-OH is 1. The molecule has 0 spiro atoms. The number of anilines is 1. The van der Waals surface area contributed by atoms with Gasteiger partial charge in [-0.3, -0.25) is 0 Å². The third-order valence-electron chi connectivity index (χ3n) is 3.39. The van der Waals surface area contributed by atoms with Crippen LogP contribution in [0.3, 0.4) is 0 Å². The van der Waals surface area contributed by atoms with Crippen LogP contribution in [0, 0.1) is 0 Å². The van der Waals surface area contributed by atoms with Crippen molar-refractivity contribution in [3.8, 4) is 0 Å². The summed E-state index contributed by atoms with van der Waals surface area (Å²) in [4.78, 5) is 6.48. The molecule has 0 radical (unpaired) electrons. The van der Waals surface area contributed by atoms with Crippen molar-refractivity contribution in [3.63, 3.8) is 0 Å². The quantitative estimate of drug-likeness (QED) is 0.866. The number of rotatable bonds is 4. The zero-order valence-electron chi connectivity index (χ0n) is 11.0. The molecular formula is C13H20N2O3. The van der Waals surface area contributed by atoms with Gasteiger partial charge in [0.2, 0.25) is 0 Å². The maximum atomic E-state index is 9.78. The Morgan fingerprint density at radius 1 is 1.33 bits per heavy atom. The molecule has 1 saturated heterocycles. The summed E-state index contributed by atoms with van der Waals surface area (Å²) in [5, 5.41) is 9.78. The Morgan fingerprint density at radius 2 is 1.94 bits per heavy atom. The molecule has 2 rings (SSSR count). The summed E-state index contributed by atoms with van der Waals surface area (Å²) in [6.45, 7) is 3.20. The van der Waals surface area contributed by atoms with E-state index in [1.54, 1.807) is 27.3 Å². The summed E-state index contributed by atoms with van der Waals surface area (Å²) in [5.41, 5.74) is 0.837. The van der Waals surface area contributed by atoms with Gasteiger partial charge in [0.1, 0.15) is 18.0 Å². The lowest BCUT2D eigenvalue weighted by Gasteiger charge is -2.21. The molecule has 1 fully saturated rings. The Kier molecular flexibility index (Phi) is 4.16. The van der Waals surface area contributed by atoms with Gasteiger partial charge in [0.25, 0.3) is 0 Å². The molecule has 3 atom stereocenters. The number of pyridine rings is 1. The highest BCUT2D eigenvalue weighted by Gasteiger charge is 2.34. The topological polar surface area (TPSA) is 54.8 Å². The molecule has 1 aromatic heterocycles. The van der Waals surface area contributed by atoms with Crippen molar-refractivity contribution >= 4 is 5.82 Å². The van der Waals surface area contributed by atoms with Crippen molar-refractivity contribution in [1.82, 2.24) is 4.98 Å². The number of hydrogen-bond acceptors (Lipinski definition) is 5. The molecule has 1 N–H and O–H groups in total. The van der Waals surface area contributed by atoms with Gasteiger partial charge in [-0.25, -0.2) is 4.98 Å². The maximum Gasteiger partial charge on any atom is 0.134 e. The van der Waals surface area contributed by atoms with E-state index in [2.05, 4.69) is 9.88 Å². The lowest BCUT2D eigenvalue weighted by atomic mass is 10.1. The molecule has 1 aliphatic heterocycles. The monoisotopic (exact) mass is 252 g/mol. The lowest BCUT2D eigenvalue weighted by molar-refractivity contribution is -0.00461. The van der Waals surface area contributed by atoms with E-state index < -0.39 is 6.10 Å². The van der Waals surface area contributed by atoms with Crippen LogP contribution in [0.1, 0.15) is 18.6 Å². The van der Waals surface area contributed by atoms with Gasteiger partial charge in [0.15, 0.2) is 0 Å². The summed E-state index contributed by atoms with van der Waals surface area (Å²) in [6, 6.07) is 3.73. The van der Waals surface area contributed by atoms with Crippen molar-refractivity contribution < 1.29 is 14.6 Å². The standard InChI is InChI=1S/C13H20N2O3/c1-9(16)10-5-4-6-14-13(10)15-7-11(17-2)12(8-15)18-3/h4-6,9,11-12,16H,7-8H2,1-3H3/t9-,11?,12?/m1/s1. The summed E-state index contributed by atoms with van der Waals surface area (Å²) >= 11 is 0. The molecule has 5 heteroatoms. The van der Waals surface area contributed by atoms with Crippen LogP contribution in [-0.2, 0) is 9.47 Å². The number of aromatic nitrogens is 1. The van der Waals surface area contributed by atoms with Crippen molar-refractivity contribution in [2.75, 3.05) is 32.2 Å². The van der Waals surface area contributed by atoms with Gasteiger partial charge in [-0.05, 0) is 13.0 Å². The van der Waals surface area contributed by atoms with E-state index in [4.69, 9.17) is 9.47 Å². The van der Waals surface area contributed by atoms with Crippen molar-refractivity contribution in [3.05, 3.63) is 23.9 Å². The minimum absolute atomic E-state index is 0.0406. The van der Waals surface area contributed by atoms with E-state index in [0.717, 1.165) is 24.5 Å². The van der Waals surface area contributed by atoms with Gasteiger partial charge in [0, 0.05) is 39.1 Å². The predicted octanol–water partition coefficient (Wildman–Crippen LogP) is 0.985. The van der Waals surface area contributed by atoms with Gasteiger partial charge in [-0.1, -0.05) is 6.07 Å². The fraction of sp³-hybridized carbons (Fsp3) is 0.615. The molecule has 0 saturated carbocycles. The molecule has 0 amide bonds. The van der Waals surface area contributed by atoms with Crippen molar-refractivity contribution in [2.45, 2.75) is 25.2 Å². The lowest BCUT2D eigenvalue weighted by Crippen LogP contribution is -2.27. The first-order valence-electron chi connectivity index (χ1n) is 6.11. The van der Waals surface area contributed by atoms with Gasteiger partial charge in [-0.15, -0.1) is 0 Å². The Bertz CT molecular complexity index is 386. The third-order valence-corrected chi connectivity index (χ3v) is 3.39. The third kappa shape index (κ3) is 2.48. The predicted molar refractivity (Wildman–Crippen MR) is 68.7 cm³/mol. The van der Waals surface area contributed by atoms with Crippen LogP contribution in [0.5, 0.6) is 0 Å². The first-order chi connectivity index (χ1) is 8.67. The SMILES string of the molecule is COC1CN(c2ncccc2[C@@H](C)O)CC1OC. The minimum Gasteiger partial charge on any atom is -0.389 e. The smallest absolute Gasteiger partial charge is 0.134 e. The Balaban J connectivity index is 2.23. The summed E-state index contributed by atoms with van der Waals surface area (Å²) in [6.07, 6.45) is 1.29. The van der Waals surface area contributed by atoms with Crippen LogP contribution in [0.25, 0.3) is 0 Å². The average Bonchev–Trinajstić information content (AvgIpc) is 2.81. The molecule has 0 aromatic carbocycles. The molecule has 2 heterocycles. The van der Waals surface area contributed by atoms with Crippen molar-refractivity contribution in [2.24, 2.45) is 0 Å². The molecule has 2 unspecified atom stereocenters. The van der Waals surface area contributed by atoms with E-state index in [-0.39, 0.29) is 12.2 Å². The molecular weight excluding hydrogens is 232 g/mol. The first-order valence-corrected chi connectivity index (χ1v) is 6.11. The number of methoxy groups -OCH3 is 2. The van der Waals surface area contributed by atoms with Crippen molar-refractivity contribution in [1.29, 1.82) is 0 Å². The summed E-state index contributed by atoms with van der Waals surface area (Å²) in [7, 11) is 3.38. The average molecular weight is 252 g/mol. The summed E-state index contributed by atoms with van der Waals surface area (Å²) < 4.78 is 10.8. The Labute approximate surface area is 107 Å². The highest BCUT2D eigenvalue weighted by atomic mass is 16.5. The zero-order chi connectivity index (χ0) is 13.1. The van der Waals surface area contributed by atoms with Crippen LogP contribution in [0.2, 0.25) is 0 Å². The molecule has 18 heavy (non-hydrogen) atoms. The Morgan fingerprint density at radius 3 is 2.44 bits per heavy atom. The van der Waals surface area contributed by atoms with E-state index in [1.807, 2.05) is 12.1 Å². The zero-order valence-corrected chi connectivity index (χ0v) is 11.0. The van der Waals surface area contributed by atoms with E-state index in [9.17, 15) is 5.11 Å². The van der Waals surface area contributed by atoms with Crippen LogP contribution in [0.4, 0.5) is 5.82 Å². The second kappa shape index (κ2) is 5.65. The normalized spacial score (nSPS) is 25.4. The second-order valence-electron chi connectivity index (χ2n) is 4.55. The largest absolute Gasteiger partial charge is 0.389 e. The molecule has 1 aromatic rings. The van der Waals surface area contributed by atoms with E-state index in [1.165, 1.54) is 0 Å². The molecule has 1 aliphatic rings. The molecule has 0 aliphatic carbocycles. The van der Waals surface area contributed by atoms with Crippen LogP contribution < -0.4 is 4.90 Å². The second-order valence-corrected chi connectivity index (χ2v) is 4.55. The summed E-state index contributed by atoms with van der Waals surface area (Å²) in [5.74, 6) is 0.814. The number of aliphatic hydroxyl groups is 1.